The predicted octanol–water partition coefficient (Wildman–Crippen LogP) is 2.19. The van der Waals surface area contributed by atoms with Crippen molar-refractivity contribution in [3.8, 4) is 5.75 Å². The van der Waals surface area contributed by atoms with Crippen molar-refractivity contribution in [1.82, 2.24) is 0 Å². The SMILES string of the molecule is Cc1ccc(C(C)C)cc1OCCCC[NH+]1CCOCC1. The van der Waals surface area contributed by atoms with Gasteiger partial charge in [-0.05, 0) is 42.9 Å². The number of nitrogens with one attached hydrogen (secondary N) is 1. The Morgan fingerprint density at radius 2 is 1.95 bits per heavy atom. The summed E-state index contributed by atoms with van der Waals surface area (Å²) in [5.74, 6) is 1.61. The van der Waals surface area contributed by atoms with Crippen molar-refractivity contribution in [2.24, 2.45) is 0 Å². The zero-order chi connectivity index (χ0) is 15.1. The molecule has 21 heavy (non-hydrogen) atoms. The summed E-state index contributed by atoms with van der Waals surface area (Å²) in [4.78, 5) is 1.68. The minimum Gasteiger partial charge on any atom is -0.493 e. The summed E-state index contributed by atoms with van der Waals surface area (Å²) in [6, 6.07) is 6.57. The highest BCUT2D eigenvalue weighted by Crippen LogP contribution is 2.24. The Morgan fingerprint density at radius 1 is 1.19 bits per heavy atom. The van der Waals surface area contributed by atoms with Crippen LogP contribution in [0.25, 0.3) is 0 Å². The molecule has 1 saturated heterocycles. The topological polar surface area (TPSA) is 22.9 Å². The van der Waals surface area contributed by atoms with Gasteiger partial charge in [0.2, 0.25) is 0 Å². The number of morpholine rings is 1. The maximum absolute atomic E-state index is 5.98. The van der Waals surface area contributed by atoms with Crippen molar-refractivity contribution in [2.45, 2.75) is 39.5 Å². The van der Waals surface area contributed by atoms with Gasteiger partial charge in [0.05, 0.1) is 26.4 Å². The Morgan fingerprint density at radius 3 is 2.67 bits per heavy atom. The molecule has 3 heteroatoms. The standard InChI is InChI=1S/C18H29NO2/c1-15(2)17-7-6-16(3)18(14-17)21-11-5-4-8-19-9-12-20-13-10-19/h6-7,14-15H,4-5,8-13H2,1-3H3/p+1. The van der Waals surface area contributed by atoms with Crippen molar-refractivity contribution >= 4 is 0 Å². The van der Waals surface area contributed by atoms with E-state index in [1.54, 1.807) is 4.90 Å². The predicted molar refractivity (Wildman–Crippen MR) is 86.4 cm³/mol. The van der Waals surface area contributed by atoms with Crippen LogP contribution in [0.2, 0.25) is 0 Å². The van der Waals surface area contributed by atoms with Crippen LogP contribution in [0.4, 0.5) is 0 Å². The number of benzene rings is 1. The molecule has 1 aliphatic rings. The molecule has 0 spiro atoms. The first-order valence-electron chi connectivity index (χ1n) is 8.31. The molecule has 1 heterocycles. The van der Waals surface area contributed by atoms with Crippen LogP contribution in [0.5, 0.6) is 5.75 Å². The van der Waals surface area contributed by atoms with E-state index in [1.807, 2.05) is 0 Å². The first-order chi connectivity index (χ1) is 10.2. The molecule has 0 aromatic heterocycles. The van der Waals surface area contributed by atoms with Crippen LogP contribution in [0.15, 0.2) is 18.2 Å². The lowest BCUT2D eigenvalue weighted by Gasteiger charge is -2.23. The van der Waals surface area contributed by atoms with Crippen LogP contribution in [0, 0.1) is 6.92 Å². The summed E-state index contributed by atoms with van der Waals surface area (Å²) in [6.07, 6.45) is 2.37. The number of ether oxygens (including phenoxy) is 2. The largest absolute Gasteiger partial charge is 0.493 e. The first-order valence-corrected chi connectivity index (χ1v) is 8.31. The summed E-state index contributed by atoms with van der Waals surface area (Å²) < 4.78 is 11.4. The van der Waals surface area contributed by atoms with Crippen LogP contribution in [-0.4, -0.2) is 39.5 Å². The quantitative estimate of drug-likeness (QED) is 0.779. The van der Waals surface area contributed by atoms with E-state index in [-0.39, 0.29) is 0 Å². The van der Waals surface area contributed by atoms with Crippen LogP contribution in [0.1, 0.15) is 43.7 Å². The van der Waals surface area contributed by atoms with Crippen LogP contribution >= 0.6 is 0 Å². The molecule has 0 unspecified atom stereocenters. The minimum absolute atomic E-state index is 0.554. The molecule has 0 aliphatic carbocycles. The Kier molecular flexibility index (Phi) is 6.52. The number of rotatable bonds is 7. The van der Waals surface area contributed by atoms with Gasteiger partial charge in [0.1, 0.15) is 18.8 Å². The Hall–Kier alpha value is -1.06. The van der Waals surface area contributed by atoms with Gasteiger partial charge in [-0.25, -0.2) is 0 Å². The third-order valence-corrected chi connectivity index (χ3v) is 4.26. The van der Waals surface area contributed by atoms with Gasteiger partial charge < -0.3 is 14.4 Å². The number of unbranched alkanes of at least 4 members (excludes halogenated alkanes) is 1. The lowest BCUT2D eigenvalue weighted by molar-refractivity contribution is -0.908. The van der Waals surface area contributed by atoms with Gasteiger partial charge in [-0.2, -0.15) is 0 Å². The smallest absolute Gasteiger partial charge is 0.122 e. The molecule has 0 saturated carbocycles. The van der Waals surface area contributed by atoms with Gasteiger partial charge >= 0.3 is 0 Å². The average molecular weight is 292 g/mol. The zero-order valence-corrected chi connectivity index (χ0v) is 13.8. The van der Waals surface area contributed by atoms with E-state index >= 15 is 0 Å². The molecule has 0 atom stereocenters. The fourth-order valence-electron chi connectivity index (χ4n) is 2.70. The molecular weight excluding hydrogens is 262 g/mol. The fourth-order valence-corrected chi connectivity index (χ4v) is 2.70. The lowest BCUT2D eigenvalue weighted by Crippen LogP contribution is -3.14. The maximum atomic E-state index is 5.98. The minimum atomic E-state index is 0.554. The Balaban J connectivity index is 1.69. The molecule has 2 rings (SSSR count). The second-order valence-corrected chi connectivity index (χ2v) is 6.35. The Bertz CT molecular complexity index is 425. The van der Waals surface area contributed by atoms with Crippen molar-refractivity contribution in [3.63, 3.8) is 0 Å². The average Bonchev–Trinajstić information content (AvgIpc) is 2.49. The maximum Gasteiger partial charge on any atom is 0.122 e. The van der Waals surface area contributed by atoms with E-state index in [0.29, 0.717) is 5.92 Å². The lowest BCUT2D eigenvalue weighted by atomic mass is 10.0. The van der Waals surface area contributed by atoms with E-state index in [2.05, 4.69) is 39.0 Å². The summed E-state index contributed by atoms with van der Waals surface area (Å²) in [5.41, 5.74) is 2.59. The third kappa shape index (κ3) is 5.33. The molecule has 1 aromatic carbocycles. The molecule has 3 nitrogen and oxygen atoms in total. The number of hydrogen-bond donors (Lipinski definition) is 1. The van der Waals surface area contributed by atoms with E-state index in [1.165, 1.54) is 24.1 Å². The summed E-state index contributed by atoms with van der Waals surface area (Å²) in [5, 5.41) is 0. The van der Waals surface area contributed by atoms with Crippen LogP contribution < -0.4 is 9.64 Å². The molecule has 0 amide bonds. The number of hydrogen-bond acceptors (Lipinski definition) is 2. The van der Waals surface area contributed by atoms with Crippen molar-refractivity contribution in [2.75, 3.05) is 39.5 Å². The van der Waals surface area contributed by atoms with Gasteiger partial charge in [-0.1, -0.05) is 26.0 Å². The highest BCUT2D eigenvalue weighted by molar-refractivity contribution is 5.37. The van der Waals surface area contributed by atoms with Crippen molar-refractivity contribution in [3.05, 3.63) is 29.3 Å². The van der Waals surface area contributed by atoms with Gasteiger partial charge in [0.25, 0.3) is 0 Å². The highest BCUT2D eigenvalue weighted by Gasteiger charge is 2.12. The molecular formula is C18H30NO2+. The molecule has 0 radical (unpaired) electrons. The zero-order valence-electron chi connectivity index (χ0n) is 13.8. The van der Waals surface area contributed by atoms with E-state index < -0.39 is 0 Å². The van der Waals surface area contributed by atoms with Gasteiger partial charge in [0.15, 0.2) is 0 Å². The molecule has 1 fully saturated rings. The van der Waals surface area contributed by atoms with Gasteiger partial charge in [0, 0.05) is 0 Å². The number of quaternary nitrogens is 1. The fraction of sp³-hybridized carbons (Fsp3) is 0.667. The summed E-state index contributed by atoms with van der Waals surface area (Å²) in [6.45, 7) is 12.8. The van der Waals surface area contributed by atoms with Crippen molar-refractivity contribution in [1.29, 1.82) is 0 Å². The molecule has 1 N–H and O–H groups in total. The summed E-state index contributed by atoms with van der Waals surface area (Å²) in [7, 11) is 0. The van der Waals surface area contributed by atoms with Gasteiger partial charge in [-0.15, -0.1) is 0 Å². The van der Waals surface area contributed by atoms with Crippen molar-refractivity contribution < 1.29 is 14.4 Å². The Labute approximate surface area is 129 Å². The van der Waals surface area contributed by atoms with Gasteiger partial charge in [-0.3, -0.25) is 0 Å². The third-order valence-electron chi connectivity index (χ3n) is 4.26. The van der Waals surface area contributed by atoms with Crippen LogP contribution in [-0.2, 0) is 4.74 Å². The number of aryl methyl sites for hydroxylation is 1. The molecule has 1 aliphatic heterocycles. The van der Waals surface area contributed by atoms with E-state index in [4.69, 9.17) is 9.47 Å². The molecule has 0 bridgehead atoms. The highest BCUT2D eigenvalue weighted by atomic mass is 16.5. The molecule has 1 aromatic rings. The first kappa shape index (κ1) is 16.3. The molecule has 118 valence electrons. The second kappa shape index (κ2) is 8.40. The second-order valence-electron chi connectivity index (χ2n) is 6.35. The van der Waals surface area contributed by atoms with Crippen LogP contribution in [0.3, 0.4) is 0 Å². The van der Waals surface area contributed by atoms with E-state index in [9.17, 15) is 0 Å². The summed E-state index contributed by atoms with van der Waals surface area (Å²) >= 11 is 0. The normalized spacial score (nSPS) is 16.4. The monoisotopic (exact) mass is 292 g/mol. The van der Waals surface area contributed by atoms with E-state index in [0.717, 1.165) is 45.1 Å².